The lowest BCUT2D eigenvalue weighted by molar-refractivity contribution is 0.0978. The van der Waals surface area contributed by atoms with Crippen molar-refractivity contribution in [2.45, 2.75) is 12.8 Å². The van der Waals surface area contributed by atoms with Gasteiger partial charge >= 0.3 is 0 Å². The Morgan fingerprint density at radius 2 is 1.75 bits per heavy atom. The number of hydrogen-bond acceptors (Lipinski definition) is 2. The summed E-state index contributed by atoms with van der Waals surface area (Å²) in [5.74, 6) is -3.70. The zero-order valence-corrected chi connectivity index (χ0v) is 10.7. The Morgan fingerprint density at radius 1 is 1.10 bits per heavy atom. The lowest BCUT2D eigenvalue weighted by atomic mass is 9.91. The van der Waals surface area contributed by atoms with Crippen LogP contribution in [0.1, 0.15) is 27.4 Å². The Bertz CT molecular complexity index is 687. The van der Waals surface area contributed by atoms with Crippen molar-refractivity contribution in [2.24, 2.45) is 0 Å². The average Bonchev–Trinajstić information content (AvgIpc) is 2.44. The SMILES string of the molecule is Cc1ccc(C(C#N)C(=O)c2ccc(F)c(F)c2)cc1. The van der Waals surface area contributed by atoms with Crippen LogP contribution in [0.3, 0.4) is 0 Å². The first-order valence-electron chi connectivity index (χ1n) is 5.98. The topological polar surface area (TPSA) is 40.9 Å². The van der Waals surface area contributed by atoms with Gasteiger partial charge in [0, 0.05) is 5.56 Å². The molecule has 2 nitrogen and oxygen atoms in total. The molecule has 0 fully saturated rings. The van der Waals surface area contributed by atoms with Crippen molar-refractivity contribution in [3.63, 3.8) is 0 Å². The normalized spacial score (nSPS) is 11.7. The van der Waals surface area contributed by atoms with Crippen molar-refractivity contribution in [1.82, 2.24) is 0 Å². The second kappa shape index (κ2) is 5.62. The fraction of sp³-hybridized carbons (Fsp3) is 0.125. The second-order valence-electron chi connectivity index (χ2n) is 4.47. The molecule has 1 unspecified atom stereocenters. The summed E-state index contributed by atoms with van der Waals surface area (Å²) in [7, 11) is 0. The first-order chi connectivity index (χ1) is 9.52. The van der Waals surface area contributed by atoms with Gasteiger partial charge in [-0.1, -0.05) is 29.8 Å². The maximum Gasteiger partial charge on any atom is 0.184 e. The van der Waals surface area contributed by atoms with Crippen molar-refractivity contribution in [3.8, 4) is 6.07 Å². The van der Waals surface area contributed by atoms with E-state index in [1.54, 1.807) is 24.3 Å². The molecule has 100 valence electrons. The first kappa shape index (κ1) is 13.9. The zero-order chi connectivity index (χ0) is 14.7. The molecule has 2 aromatic rings. The molecule has 0 aromatic heterocycles. The molecular weight excluding hydrogens is 260 g/mol. The number of carbonyl (C=O) groups is 1. The molecule has 2 aromatic carbocycles. The molecule has 0 saturated carbocycles. The van der Waals surface area contributed by atoms with Crippen molar-refractivity contribution >= 4 is 5.78 Å². The lowest BCUT2D eigenvalue weighted by Gasteiger charge is -2.09. The van der Waals surface area contributed by atoms with Crippen LogP contribution in [0.5, 0.6) is 0 Å². The van der Waals surface area contributed by atoms with Gasteiger partial charge in [0.05, 0.1) is 6.07 Å². The molecule has 0 bridgehead atoms. The molecule has 20 heavy (non-hydrogen) atoms. The quantitative estimate of drug-likeness (QED) is 0.797. The first-order valence-corrected chi connectivity index (χ1v) is 5.98. The maximum atomic E-state index is 13.2. The van der Waals surface area contributed by atoms with E-state index in [1.807, 2.05) is 13.0 Å². The van der Waals surface area contributed by atoms with Crippen LogP contribution >= 0.6 is 0 Å². The number of halogens is 2. The smallest absolute Gasteiger partial charge is 0.184 e. The van der Waals surface area contributed by atoms with Crippen LogP contribution in [0.15, 0.2) is 42.5 Å². The molecule has 1 atom stereocenters. The third-order valence-corrected chi connectivity index (χ3v) is 3.01. The van der Waals surface area contributed by atoms with Crippen molar-refractivity contribution in [1.29, 1.82) is 5.26 Å². The summed E-state index contributed by atoms with van der Waals surface area (Å²) in [6, 6.07) is 11.7. The largest absolute Gasteiger partial charge is 0.292 e. The number of carbonyl (C=O) groups excluding carboxylic acids is 1. The number of ketones is 1. The minimum atomic E-state index is -1.10. The molecule has 0 spiro atoms. The van der Waals surface area contributed by atoms with Crippen LogP contribution < -0.4 is 0 Å². The second-order valence-corrected chi connectivity index (χ2v) is 4.47. The van der Waals surface area contributed by atoms with Crippen LogP contribution in [-0.4, -0.2) is 5.78 Å². The van der Waals surface area contributed by atoms with E-state index in [0.717, 1.165) is 17.7 Å². The highest BCUT2D eigenvalue weighted by molar-refractivity contribution is 6.02. The van der Waals surface area contributed by atoms with E-state index in [9.17, 15) is 13.6 Å². The molecular formula is C16H11F2NO. The maximum absolute atomic E-state index is 13.2. The van der Waals surface area contributed by atoms with Crippen LogP contribution in [-0.2, 0) is 0 Å². The molecule has 0 aliphatic rings. The third kappa shape index (κ3) is 2.72. The van der Waals surface area contributed by atoms with Gasteiger partial charge in [0.1, 0.15) is 5.92 Å². The highest BCUT2D eigenvalue weighted by Gasteiger charge is 2.22. The fourth-order valence-corrected chi connectivity index (χ4v) is 1.86. The van der Waals surface area contributed by atoms with E-state index in [4.69, 9.17) is 5.26 Å². The Hall–Kier alpha value is -2.54. The van der Waals surface area contributed by atoms with Gasteiger partial charge in [0.25, 0.3) is 0 Å². The molecule has 0 heterocycles. The molecule has 2 rings (SSSR count). The highest BCUT2D eigenvalue weighted by Crippen LogP contribution is 2.22. The number of benzene rings is 2. The van der Waals surface area contributed by atoms with Crippen molar-refractivity contribution in [2.75, 3.05) is 0 Å². The van der Waals surface area contributed by atoms with E-state index in [0.29, 0.717) is 5.56 Å². The van der Waals surface area contributed by atoms with Gasteiger partial charge in [-0.2, -0.15) is 5.26 Å². The van der Waals surface area contributed by atoms with Gasteiger partial charge in [0.15, 0.2) is 17.4 Å². The zero-order valence-electron chi connectivity index (χ0n) is 10.7. The summed E-state index contributed by atoms with van der Waals surface area (Å²) in [4.78, 5) is 12.2. The van der Waals surface area contributed by atoms with Crippen molar-refractivity contribution < 1.29 is 13.6 Å². The van der Waals surface area contributed by atoms with Crippen LogP contribution in [0.2, 0.25) is 0 Å². The number of nitriles is 1. The van der Waals surface area contributed by atoms with Crippen LogP contribution in [0.4, 0.5) is 8.78 Å². The number of Topliss-reactive ketones (excluding diaryl/α,β-unsaturated/α-hetero) is 1. The van der Waals surface area contributed by atoms with Crippen molar-refractivity contribution in [3.05, 3.63) is 70.8 Å². The Balaban J connectivity index is 2.36. The minimum Gasteiger partial charge on any atom is -0.292 e. The van der Waals surface area contributed by atoms with E-state index in [1.165, 1.54) is 6.07 Å². The highest BCUT2D eigenvalue weighted by atomic mass is 19.2. The van der Waals surface area contributed by atoms with E-state index >= 15 is 0 Å². The van der Waals surface area contributed by atoms with Gasteiger partial charge in [-0.05, 0) is 30.7 Å². The summed E-state index contributed by atoms with van der Waals surface area (Å²) in [6.45, 7) is 1.89. The van der Waals surface area contributed by atoms with E-state index < -0.39 is 23.3 Å². The predicted octanol–water partition coefficient (Wildman–Crippen LogP) is 3.76. The van der Waals surface area contributed by atoms with Gasteiger partial charge < -0.3 is 0 Å². The van der Waals surface area contributed by atoms with Gasteiger partial charge in [-0.25, -0.2) is 8.78 Å². The van der Waals surface area contributed by atoms with E-state index in [2.05, 4.69) is 0 Å². The van der Waals surface area contributed by atoms with Gasteiger partial charge in [0.2, 0.25) is 0 Å². The molecule has 0 aliphatic carbocycles. The molecule has 0 amide bonds. The van der Waals surface area contributed by atoms with Gasteiger partial charge in [-0.3, -0.25) is 4.79 Å². The van der Waals surface area contributed by atoms with Gasteiger partial charge in [-0.15, -0.1) is 0 Å². The average molecular weight is 271 g/mol. The van der Waals surface area contributed by atoms with E-state index in [-0.39, 0.29) is 5.56 Å². The summed E-state index contributed by atoms with van der Waals surface area (Å²) in [5.41, 5.74) is 1.52. The number of rotatable bonds is 3. The predicted molar refractivity (Wildman–Crippen MR) is 70.2 cm³/mol. The Morgan fingerprint density at radius 3 is 2.30 bits per heavy atom. The molecule has 0 N–H and O–H groups in total. The monoisotopic (exact) mass is 271 g/mol. The summed E-state index contributed by atoms with van der Waals surface area (Å²) >= 11 is 0. The Kier molecular flexibility index (Phi) is 3.90. The fourth-order valence-electron chi connectivity index (χ4n) is 1.86. The Labute approximate surface area is 115 Å². The number of hydrogen-bond donors (Lipinski definition) is 0. The minimum absolute atomic E-state index is 0.0176. The number of aryl methyl sites for hydroxylation is 1. The van der Waals surface area contributed by atoms with Crippen LogP contribution in [0.25, 0.3) is 0 Å². The standard InChI is InChI=1S/C16H11F2NO/c1-10-2-4-11(5-3-10)13(9-19)16(20)12-6-7-14(17)15(18)8-12/h2-8,13H,1H3. The third-order valence-electron chi connectivity index (χ3n) is 3.01. The molecule has 0 radical (unpaired) electrons. The molecule has 0 saturated heterocycles. The number of nitrogens with zero attached hydrogens (tertiary/aromatic N) is 1. The summed E-state index contributed by atoms with van der Waals surface area (Å²) in [6.07, 6.45) is 0. The lowest BCUT2D eigenvalue weighted by Crippen LogP contribution is -2.11. The van der Waals surface area contributed by atoms with Crippen LogP contribution in [0, 0.1) is 29.9 Å². The molecule has 0 aliphatic heterocycles. The molecule has 4 heteroatoms. The summed E-state index contributed by atoms with van der Waals surface area (Å²) < 4.78 is 26.0. The summed E-state index contributed by atoms with van der Waals surface area (Å²) in [5, 5.41) is 9.17.